The van der Waals surface area contributed by atoms with E-state index in [0.717, 1.165) is 5.56 Å². The maximum absolute atomic E-state index is 13.6. The van der Waals surface area contributed by atoms with Crippen molar-refractivity contribution < 1.29 is 24.2 Å². The standard InChI is InChI=1S/C24H24ClN3O5/c1-33-10-2-9-28-21(30)19-18(11-13-3-6-15(29)7-4-13)27-24(20(19)22(28)31)16-12-14(25)5-8-17(16)26-23(24)32/h3-8,12,18-20,27,29H,2,9-11H2,1H3,(H,26,32). The number of nitrogens with one attached hydrogen (secondary N) is 2. The Kier molecular flexibility index (Phi) is 5.39. The summed E-state index contributed by atoms with van der Waals surface area (Å²) in [5.41, 5.74) is 0.668. The molecule has 2 aromatic carbocycles. The highest BCUT2D eigenvalue weighted by Crippen LogP contribution is 2.53. The van der Waals surface area contributed by atoms with Crippen molar-refractivity contribution in [2.24, 2.45) is 11.8 Å². The summed E-state index contributed by atoms with van der Waals surface area (Å²) in [5, 5.41) is 16.3. The number of nitrogens with zero attached hydrogens (tertiary/aromatic N) is 1. The summed E-state index contributed by atoms with van der Waals surface area (Å²) in [6, 6.07) is 11.3. The molecular weight excluding hydrogens is 446 g/mol. The molecule has 33 heavy (non-hydrogen) atoms. The number of amides is 3. The lowest BCUT2D eigenvalue weighted by atomic mass is 9.76. The molecule has 0 saturated carbocycles. The predicted molar refractivity (Wildman–Crippen MR) is 121 cm³/mol. The van der Waals surface area contributed by atoms with Gasteiger partial charge in [0, 0.05) is 42.6 Å². The number of imide groups is 1. The van der Waals surface area contributed by atoms with Crippen molar-refractivity contribution >= 4 is 35.0 Å². The molecule has 4 unspecified atom stereocenters. The monoisotopic (exact) mass is 469 g/mol. The fourth-order valence-electron chi connectivity index (χ4n) is 5.48. The zero-order valence-electron chi connectivity index (χ0n) is 18.0. The van der Waals surface area contributed by atoms with Crippen molar-refractivity contribution in [1.82, 2.24) is 10.2 Å². The molecule has 172 valence electrons. The Morgan fingerprint density at radius 1 is 1.12 bits per heavy atom. The Bertz CT molecular complexity index is 1140. The average molecular weight is 470 g/mol. The van der Waals surface area contributed by atoms with Gasteiger partial charge in [0.2, 0.25) is 17.7 Å². The molecule has 3 N–H and O–H groups in total. The number of hydrogen-bond donors (Lipinski definition) is 3. The molecular formula is C24H24ClN3O5. The number of aromatic hydroxyl groups is 1. The quantitative estimate of drug-likeness (QED) is 0.441. The molecule has 0 aliphatic carbocycles. The number of rotatable bonds is 6. The largest absolute Gasteiger partial charge is 0.508 e. The lowest BCUT2D eigenvalue weighted by Gasteiger charge is -2.29. The van der Waals surface area contributed by atoms with Gasteiger partial charge in [-0.25, -0.2) is 0 Å². The molecule has 2 saturated heterocycles. The number of halogens is 1. The van der Waals surface area contributed by atoms with Crippen LogP contribution >= 0.6 is 11.6 Å². The first-order valence-electron chi connectivity index (χ1n) is 10.9. The number of phenols is 1. The minimum Gasteiger partial charge on any atom is -0.508 e. The van der Waals surface area contributed by atoms with Crippen LogP contribution in [-0.4, -0.2) is 54.0 Å². The number of carbonyl (C=O) groups is 3. The van der Waals surface area contributed by atoms with Gasteiger partial charge in [-0.05, 0) is 48.7 Å². The van der Waals surface area contributed by atoms with Gasteiger partial charge in [-0.1, -0.05) is 23.7 Å². The van der Waals surface area contributed by atoms with Gasteiger partial charge in [-0.3, -0.25) is 24.6 Å². The lowest BCUT2D eigenvalue weighted by Crippen LogP contribution is -2.53. The number of fused-ring (bicyclic) bond motifs is 4. The molecule has 0 aromatic heterocycles. The number of likely N-dealkylation sites (tertiary alicyclic amines) is 1. The molecule has 2 fully saturated rings. The van der Waals surface area contributed by atoms with Crippen LogP contribution in [0.3, 0.4) is 0 Å². The zero-order chi connectivity index (χ0) is 23.3. The number of anilines is 1. The molecule has 3 aliphatic rings. The Balaban J connectivity index is 1.58. The van der Waals surface area contributed by atoms with Crippen LogP contribution in [0.25, 0.3) is 0 Å². The second-order valence-electron chi connectivity index (χ2n) is 8.75. The normalized spacial score (nSPS) is 27.9. The van der Waals surface area contributed by atoms with E-state index in [2.05, 4.69) is 10.6 Å². The van der Waals surface area contributed by atoms with Gasteiger partial charge in [-0.2, -0.15) is 0 Å². The van der Waals surface area contributed by atoms with E-state index in [1.165, 1.54) is 4.90 Å². The van der Waals surface area contributed by atoms with E-state index in [1.807, 2.05) is 0 Å². The summed E-state index contributed by atoms with van der Waals surface area (Å²) < 4.78 is 5.09. The fourth-order valence-corrected chi connectivity index (χ4v) is 5.65. The number of benzene rings is 2. The summed E-state index contributed by atoms with van der Waals surface area (Å²) >= 11 is 6.27. The summed E-state index contributed by atoms with van der Waals surface area (Å²) in [6.45, 7) is 0.663. The van der Waals surface area contributed by atoms with Gasteiger partial charge in [0.1, 0.15) is 11.3 Å². The highest BCUT2D eigenvalue weighted by molar-refractivity contribution is 6.31. The minimum absolute atomic E-state index is 0.141. The van der Waals surface area contributed by atoms with E-state index in [4.69, 9.17) is 16.3 Å². The Labute approximate surface area is 195 Å². The molecule has 5 rings (SSSR count). The van der Waals surface area contributed by atoms with Crippen molar-refractivity contribution in [3.8, 4) is 5.75 Å². The van der Waals surface area contributed by atoms with Crippen molar-refractivity contribution in [3.05, 3.63) is 58.6 Å². The number of hydrogen-bond acceptors (Lipinski definition) is 6. The van der Waals surface area contributed by atoms with Gasteiger partial charge in [0.25, 0.3) is 0 Å². The highest BCUT2D eigenvalue weighted by Gasteiger charge is 2.70. The van der Waals surface area contributed by atoms with E-state index < -0.39 is 23.4 Å². The molecule has 3 amide bonds. The van der Waals surface area contributed by atoms with Crippen LogP contribution in [-0.2, 0) is 31.1 Å². The van der Waals surface area contributed by atoms with E-state index >= 15 is 0 Å². The van der Waals surface area contributed by atoms with E-state index in [1.54, 1.807) is 49.6 Å². The van der Waals surface area contributed by atoms with Crippen molar-refractivity contribution in [2.45, 2.75) is 24.4 Å². The first-order valence-corrected chi connectivity index (χ1v) is 11.3. The van der Waals surface area contributed by atoms with Crippen LogP contribution in [0, 0.1) is 11.8 Å². The maximum atomic E-state index is 13.6. The fraction of sp³-hybridized carbons (Fsp3) is 0.375. The second kappa shape index (κ2) is 8.13. The first-order chi connectivity index (χ1) is 15.9. The lowest BCUT2D eigenvalue weighted by molar-refractivity contribution is -0.143. The summed E-state index contributed by atoms with van der Waals surface area (Å²) in [6.07, 6.45) is 0.933. The average Bonchev–Trinajstić information content (AvgIpc) is 3.36. The maximum Gasteiger partial charge on any atom is 0.250 e. The van der Waals surface area contributed by atoms with E-state index in [9.17, 15) is 19.5 Å². The van der Waals surface area contributed by atoms with Crippen molar-refractivity contribution in [1.29, 1.82) is 0 Å². The third kappa shape index (κ3) is 3.32. The molecule has 4 atom stereocenters. The third-order valence-corrected chi connectivity index (χ3v) is 7.13. The smallest absolute Gasteiger partial charge is 0.250 e. The van der Waals surface area contributed by atoms with Crippen LogP contribution in [0.2, 0.25) is 5.02 Å². The van der Waals surface area contributed by atoms with Crippen LogP contribution in [0.5, 0.6) is 5.75 Å². The third-order valence-electron chi connectivity index (χ3n) is 6.89. The van der Waals surface area contributed by atoms with Crippen molar-refractivity contribution in [3.63, 3.8) is 0 Å². The number of phenolic OH excluding ortho intramolecular Hbond substituents is 1. The SMILES string of the molecule is COCCCN1C(=O)C2C(Cc3ccc(O)cc3)NC3(C(=O)Nc4ccc(Cl)cc43)C2C1=O. The number of carbonyl (C=O) groups excluding carboxylic acids is 3. The van der Waals surface area contributed by atoms with Crippen LogP contribution < -0.4 is 10.6 Å². The Morgan fingerprint density at radius 2 is 1.88 bits per heavy atom. The van der Waals surface area contributed by atoms with Gasteiger partial charge in [-0.15, -0.1) is 0 Å². The second-order valence-corrected chi connectivity index (χ2v) is 9.19. The topological polar surface area (TPSA) is 108 Å². The van der Waals surface area contributed by atoms with Gasteiger partial charge in [0.05, 0.1) is 11.8 Å². The Morgan fingerprint density at radius 3 is 2.61 bits per heavy atom. The van der Waals surface area contributed by atoms with Gasteiger partial charge in [0.15, 0.2) is 0 Å². The summed E-state index contributed by atoms with van der Waals surface area (Å²) in [4.78, 5) is 41.8. The minimum atomic E-state index is -1.38. The highest BCUT2D eigenvalue weighted by atomic mass is 35.5. The molecule has 0 radical (unpaired) electrons. The molecule has 2 aromatic rings. The molecule has 1 spiro atoms. The molecule has 3 heterocycles. The summed E-state index contributed by atoms with van der Waals surface area (Å²) in [5.74, 6) is -2.44. The molecule has 0 bridgehead atoms. The Hall–Kier alpha value is -2.94. The van der Waals surface area contributed by atoms with Gasteiger partial charge < -0.3 is 15.2 Å². The summed E-state index contributed by atoms with van der Waals surface area (Å²) in [7, 11) is 1.57. The van der Waals surface area contributed by atoms with Crippen LogP contribution in [0.4, 0.5) is 5.69 Å². The van der Waals surface area contributed by atoms with Crippen LogP contribution in [0.1, 0.15) is 17.5 Å². The molecule has 8 nitrogen and oxygen atoms in total. The van der Waals surface area contributed by atoms with Crippen LogP contribution in [0.15, 0.2) is 42.5 Å². The molecule has 9 heteroatoms. The zero-order valence-corrected chi connectivity index (χ0v) is 18.8. The predicted octanol–water partition coefficient (Wildman–Crippen LogP) is 2.05. The van der Waals surface area contributed by atoms with E-state index in [0.29, 0.717) is 35.7 Å². The number of ether oxygens (including phenoxy) is 1. The first kappa shape index (κ1) is 21.9. The van der Waals surface area contributed by atoms with E-state index in [-0.39, 0.29) is 30.0 Å². The number of methoxy groups -OCH3 is 1. The van der Waals surface area contributed by atoms with Crippen molar-refractivity contribution in [2.75, 3.05) is 25.6 Å². The van der Waals surface area contributed by atoms with Gasteiger partial charge >= 0.3 is 0 Å². The molecule has 3 aliphatic heterocycles.